The van der Waals surface area contributed by atoms with E-state index in [2.05, 4.69) is 46.5 Å². The van der Waals surface area contributed by atoms with E-state index in [9.17, 15) is 9.90 Å². The third kappa shape index (κ3) is 5.06. The number of nitrogens with zero attached hydrogens (tertiary/aromatic N) is 2. The molecule has 0 fully saturated rings. The average molecular weight is 515 g/mol. The fraction of sp³-hybridized carbons (Fsp3) is 0.500. The first-order chi connectivity index (χ1) is 16.9. The summed E-state index contributed by atoms with van der Waals surface area (Å²) in [5.41, 5.74) is 4.44. The van der Waals surface area contributed by atoms with E-state index in [1.54, 1.807) is 11.3 Å². The van der Waals surface area contributed by atoms with Gasteiger partial charge in [-0.2, -0.15) is 0 Å². The van der Waals surface area contributed by atoms with Gasteiger partial charge in [-0.1, -0.05) is 6.92 Å². The Hall–Kier alpha value is -2.17. The maximum Gasteiger partial charge on any atom is 0.320 e. The minimum atomic E-state index is -1.03. The third-order valence-electron chi connectivity index (χ3n) is 6.95. The van der Waals surface area contributed by atoms with Gasteiger partial charge in [0.05, 0.1) is 0 Å². The predicted molar refractivity (Wildman–Crippen MR) is 142 cm³/mol. The number of aromatic nitrogens is 1. The molecule has 2 aliphatic rings. The number of carbonyl (C=O) groups excluding carboxylic acids is 1. The maximum absolute atomic E-state index is 13.1. The van der Waals surface area contributed by atoms with Crippen molar-refractivity contribution in [2.75, 3.05) is 25.5 Å². The number of nitrogens with one attached hydrogen (secondary N) is 2. The molecule has 0 saturated carbocycles. The minimum absolute atomic E-state index is 0.257. The van der Waals surface area contributed by atoms with Gasteiger partial charge in [-0.25, -0.2) is 4.79 Å². The van der Waals surface area contributed by atoms with Gasteiger partial charge < -0.3 is 24.6 Å². The molecule has 4 heterocycles. The molecule has 0 aromatic carbocycles. The number of fused-ring (bicyclic) bond motifs is 2. The van der Waals surface area contributed by atoms with Crippen LogP contribution in [0.25, 0.3) is 5.00 Å². The van der Waals surface area contributed by atoms with E-state index in [4.69, 9.17) is 4.74 Å². The second-order valence-corrected chi connectivity index (χ2v) is 11.8. The van der Waals surface area contributed by atoms with Crippen molar-refractivity contribution in [3.63, 3.8) is 0 Å². The fourth-order valence-electron chi connectivity index (χ4n) is 5.13. The average Bonchev–Trinajstić information content (AvgIpc) is 3.54. The summed E-state index contributed by atoms with van der Waals surface area (Å²) in [5, 5.41) is 18.7. The number of urea groups is 1. The lowest BCUT2D eigenvalue weighted by molar-refractivity contribution is -0.0978. The number of aryl methyl sites for hydroxylation is 1. The van der Waals surface area contributed by atoms with Crippen LogP contribution in [0.4, 0.5) is 9.80 Å². The number of likely N-dealkylation sites (N-methyl/N-ethyl adjacent to an activating group) is 1. The maximum atomic E-state index is 13.1. The molecule has 5 rings (SSSR count). The topological polar surface area (TPSA) is 78.8 Å². The third-order valence-corrected chi connectivity index (χ3v) is 9.44. The van der Waals surface area contributed by atoms with Crippen LogP contribution in [0.2, 0.25) is 0 Å². The number of hydrogen-bond donors (Lipinski definition) is 3. The van der Waals surface area contributed by atoms with Crippen LogP contribution in [0.3, 0.4) is 0 Å². The molecular formula is C26H34N4O3S2. The highest BCUT2D eigenvalue weighted by Crippen LogP contribution is 2.43. The van der Waals surface area contributed by atoms with Gasteiger partial charge in [-0.05, 0) is 68.8 Å². The highest BCUT2D eigenvalue weighted by atomic mass is 32.1. The van der Waals surface area contributed by atoms with E-state index >= 15 is 0 Å². The molecule has 7 nitrogen and oxygen atoms in total. The Morgan fingerprint density at radius 1 is 1.23 bits per heavy atom. The summed E-state index contributed by atoms with van der Waals surface area (Å²) in [6.07, 6.45) is 7.09. The SMILES string of the molecule is CCOC(O)c1c(NC(=O)NCc2c(-n3cccc3)sc3c2CCN(C)C3)sc2c1CC(C)CC2. The van der Waals surface area contributed by atoms with Crippen LogP contribution in [0, 0.1) is 5.92 Å². The molecule has 1 aliphatic carbocycles. The van der Waals surface area contributed by atoms with Gasteiger partial charge in [0.25, 0.3) is 0 Å². The van der Waals surface area contributed by atoms with Crippen molar-refractivity contribution in [3.05, 3.63) is 56.5 Å². The van der Waals surface area contributed by atoms with Crippen molar-refractivity contribution in [1.82, 2.24) is 14.8 Å². The van der Waals surface area contributed by atoms with Crippen LogP contribution >= 0.6 is 22.7 Å². The van der Waals surface area contributed by atoms with Crippen molar-refractivity contribution in [1.29, 1.82) is 0 Å². The molecular weight excluding hydrogens is 480 g/mol. The summed E-state index contributed by atoms with van der Waals surface area (Å²) in [4.78, 5) is 18.1. The van der Waals surface area contributed by atoms with E-state index in [-0.39, 0.29) is 6.03 Å². The quantitative estimate of drug-likeness (QED) is 0.385. The molecule has 2 unspecified atom stereocenters. The molecule has 3 N–H and O–H groups in total. The van der Waals surface area contributed by atoms with Gasteiger partial charge >= 0.3 is 6.03 Å². The van der Waals surface area contributed by atoms with Gasteiger partial charge in [-0.3, -0.25) is 5.32 Å². The van der Waals surface area contributed by atoms with E-state index in [1.165, 1.54) is 25.9 Å². The Morgan fingerprint density at radius 3 is 2.80 bits per heavy atom. The number of carbonyl (C=O) groups is 1. The molecule has 3 aromatic rings. The van der Waals surface area contributed by atoms with Crippen LogP contribution in [-0.4, -0.2) is 40.8 Å². The second-order valence-electron chi connectivity index (χ2n) is 9.58. The smallest absolute Gasteiger partial charge is 0.320 e. The molecule has 2 atom stereocenters. The van der Waals surface area contributed by atoms with Crippen molar-refractivity contribution < 1.29 is 14.6 Å². The number of thiophene rings is 2. The number of rotatable bonds is 7. The molecule has 1 aliphatic heterocycles. The van der Waals surface area contributed by atoms with Crippen LogP contribution in [0.5, 0.6) is 0 Å². The normalized spacial score (nSPS) is 18.7. The monoisotopic (exact) mass is 514 g/mol. The van der Waals surface area contributed by atoms with Crippen LogP contribution in [0.15, 0.2) is 24.5 Å². The number of hydrogen-bond acceptors (Lipinski definition) is 6. The van der Waals surface area contributed by atoms with Crippen LogP contribution in [-0.2, 0) is 37.1 Å². The lowest BCUT2D eigenvalue weighted by Gasteiger charge is -2.23. The highest BCUT2D eigenvalue weighted by molar-refractivity contribution is 7.16. The van der Waals surface area contributed by atoms with Gasteiger partial charge in [0, 0.05) is 59.5 Å². The first-order valence-corrected chi connectivity index (χ1v) is 14.0. The predicted octanol–water partition coefficient (Wildman–Crippen LogP) is 5.06. The van der Waals surface area contributed by atoms with Gasteiger partial charge in [-0.15, -0.1) is 22.7 Å². The first kappa shape index (κ1) is 24.5. The second kappa shape index (κ2) is 10.4. The number of ether oxygens (including phenoxy) is 1. The van der Waals surface area contributed by atoms with Gasteiger partial charge in [0.1, 0.15) is 10.0 Å². The van der Waals surface area contributed by atoms with E-state index in [1.807, 2.05) is 30.4 Å². The molecule has 188 valence electrons. The number of anilines is 1. The molecule has 35 heavy (non-hydrogen) atoms. The molecule has 0 radical (unpaired) electrons. The summed E-state index contributed by atoms with van der Waals surface area (Å²) in [6, 6.07) is 3.80. The molecule has 3 aromatic heterocycles. The van der Waals surface area contributed by atoms with Crippen LogP contribution in [0.1, 0.15) is 58.6 Å². The molecule has 9 heteroatoms. The van der Waals surface area contributed by atoms with E-state index < -0.39 is 6.29 Å². The first-order valence-electron chi connectivity index (χ1n) is 12.4. The summed E-state index contributed by atoms with van der Waals surface area (Å²) in [5.74, 6) is 0.558. The Bertz CT molecular complexity index is 1180. The fourth-order valence-corrected chi connectivity index (χ4v) is 7.81. The van der Waals surface area contributed by atoms with Crippen molar-refractivity contribution >= 4 is 33.7 Å². The zero-order chi connectivity index (χ0) is 24.5. The largest absolute Gasteiger partial charge is 0.364 e. The Morgan fingerprint density at radius 2 is 2.03 bits per heavy atom. The van der Waals surface area contributed by atoms with Crippen molar-refractivity contribution in [2.45, 2.75) is 58.9 Å². The molecule has 0 saturated heterocycles. The van der Waals surface area contributed by atoms with Crippen molar-refractivity contribution in [3.8, 4) is 5.00 Å². The summed E-state index contributed by atoms with van der Waals surface area (Å²) in [7, 11) is 2.15. The number of aliphatic hydroxyl groups excluding tert-OH is 1. The minimum Gasteiger partial charge on any atom is -0.364 e. The summed E-state index contributed by atoms with van der Waals surface area (Å²) >= 11 is 3.39. The van der Waals surface area contributed by atoms with Gasteiger partial charge in [0.15, 0.2) is 6.29 Å². The summed E-state index contributed by atoms with van der Waals surface area (Å²) < 4.78 is 7.68. The van der Waals surface area contributed by atoms with Gasteiger partial charge in [0.2, 0.25) is 0 Å². The number of aliphatic hydroxyl groups is 1. The highest BCUT2D eigenvalue weighted by Gasteiger charge is 2.29. The zero-order valence-corrected chi connectivity index (χ0v) is 22.2. The lowest BCUT2D eigenvalue weighted by Crippen LogP contribution is -2.30. The Balaban J connectivity index is 1.36. The van der Waals surface area contributed by atoms with Crippen LogP contribution < -0.4 is 10.6 Å². The zero-order valence-electron chi connectivity index (χ0n) is 20.6. The van der Waals surface area contributed by atoms with Crippen molar-refractivity contribution in [2.24, 2.45) is 5.92 Å². The standard InChI is InChI=1S/C26H34N4O3S2/c1-4-33-25(31)22-18-13-16(2)7-8-20(18)34-23(22)28-26(32)27-14-19-17-9-12-29(3)15-21(17)35-24(19)30-10-5-6-11-30/h5-6,10-11,16,25,31H,4,7-9,12-15H2,1-3H3,(H2,27,28,32). The molecule has 0 spiro atoms. The van der Waals surface area contributed by atoms with E-state index in [0.29, 0.717) is 24.1 Å². The molecule has 0 bridgehead atoms. The lowest BCUT2D eigenvalue weighted by atomic mass is 9.87. The number of amides is 2. The summed E-state index contributed by atoms with van der Waals surface area (Å²) in [6.45, 7) is 6.93. The van der Waals surface area contributed by atoms with E-state index in [0.717, 1.165) is 49.9 Å². The molecule has 2 amide bonds. The Labute approximate surface area is 214 Å². The Kier molecular flexibility index (Phi) is 7.31.